The predicted octanol–water partition coefficient (Wildman–Crippen LogP) is 5.74. The van der Waals surface area contributed by atoms with Crippen LogP contribution in [-0.4, -0.2) is 23.1 Å². The molecule has 0 aliphatic carbocycles. The van der Waals surface area contributed by atoms with Crippen molar-refractivity contribution in [2.24, 2.45) is 0 Å². The van der Waals surface area contributed by atoms with Gasteiger partial charge < -0.3 is 9.47 Å². The maximum Gasteiger partial charge on any atom is 0.416 e. The Balaban J connectivity index is 1.87. The number of ketones is 1. The summed E-state index contributed by atoms with van der Waals surface area (Å²) in [4.78, 5) is 12.0. The quantitative estimate of drug-likeness (QED) is 0.479. The lowest BCUT2D eigenvalue weighted by Crippen LogP contribution is -2.09. The Morgan fingerprint density at radius 3 is 2.47 bits per heavy atom. The number of aryl methyl sites for hydroxylation is 2. The highest BCUT2D eigenvalue weighted by molar-refractivity contribution is 5.77. The van der Waals surface area contributed by atoms with Crippen LogP contribution in [0, 0.1) is 13.8 Å². The molecule has 0 saturated carbocycles. The van der Waals surface area contributed by atoms with Crippen molar-refractivity contribution < 1.29 is 27.4 Å². The second-order valence-electron chi connectivity index (χ2n) is 7.70. The third-order valence-corrected chi connectivity index (χ3v) is 5.26. The van der Waals surface area contributed by atoms with Crippen molar-refractivity contribution in [3.63, 3.8) is 0 Å². The second kappa shape index (κ2) is 9.46. The summed E-state index contributed by atoms with van der Waals surface area (Å²) in [5.41, 5.74) is 3.19. The maximum absolute atomic E-state index is 12.9. The molecule has 1 aromatic heterocycles. The van der Waals surface area contributed by atoms with Gasteiger partial charge in [0.05, 0.1) is 18.4 Å². The number of Topliss-reactive ketones (excluding diaryl/α,β-unsaturated/α-hetero) is 1. The van der Waals surface area contributed by atoms with Gasteiger partial charge in [-0.15, -0.1) is 0 Å². The van der Waals surface area contributed by atoms with Crippen molar-refractivity contribution in [2.45, 2.75) is 45.9 Å². The zero-order valence-electron chi connectivity index (χ0n) is 18.3. The van der Waals surface area contributed by atoms with Gasteiger partial charge in [0.15, 0.2) is 11.5 Å². The summed E-state index contributed by atoms with van der Waals surface area (Å²) >= 11 is 0. The summed E-state index contributed by atoms with van der Waals surface area (Å²) in [5, 5.41) is 7.20. The number of carbonyl (C=O) groups is 1. The van der Waals surface area contributed by atoms with Crippen LogP contribution in [-0.2, 0) is 17.6 Å². The molecule has 0 saturated heterocycles. The van der Waals surface area contributed by atoms with Crippen LogP contribution in [0.2, 0.25) is 0 Å². The van der Waals surface area contributed by atoms with Crippen LogP contribution >= 0.6 is 0 Å². The molecule has 32 heavy (non-hydrogen) atoms. The van der Waals surface area contributed by atoms with Crippen LogP contribution in [0.1, 0.15) is 52.9 Å². The van der Waals surface area contributed by atoms with Gasteiger partial charge in [0, 0.05) is 23.6 Å². The molecule has 5 nitrogen and oxygen atoms in total. The molecule has 0 aliphatic rings. The first-order valence-corrected chi connectivity index (χ1v) is 10.1. The molecule has 1 N–H and O–H groups in total. The standard InChI is InChI=1S/C24H25F3N2O3/c1-14(30)10-20(23-15(2)28-29-16(23)3)18-8-9-21(22(12-18)31-4)32-13-17-6-5-7-19(11-17)24(25,26)27/h5-9,11-12,20H,10,13H2,1-4H3,(H,28,29). The van der Waals surface area contributed by atoms with Crippen LogP contribution in [0.3, 0.4) is 0 Å². The number of methoxy groups -OCH3 is 1. The normalized spacial score (nSPS) is 12.5. The predicted molar refractivity (Wildman–Crippen MR) is 114 cm³/mol. The lowest BCUT2D eigenvalue weighted by Gasteiger charge is -2.19. The molecule has 1 unspecified atom stereocenters. The Morgan fingerprint density at radius 2 is 1.88 bits per heavy atom. The minimum atomic E-state index is -4.41. The minimum absolute atomic E-state index is 0.0406. The Morgan fingerprint density at radius 1 is 1.12 bits per heavy atom. The number of benzene rings is 2. The van der Waals surface area contributed by atoms with Gasteiger partial charge >= 0.3 is 6.18 Å². The van der Waals surface area contributed by atoms with Gasteiger partial charge in [-0.1, -0.05) is 18.2 Å². The first-order chi connectivity index (χ1) is 15.1. The summed E-state index contributed by atoms with van der Waals surface area (Å²) in [6, 6.07) is 10.3. The Bertz CT molecular complexity index is 1090. The van der Waals surface area contributed by atoms with E-state index in [1.54, 1.807) is 25.1 Å². The monoisotopic (exact) mass is 446 g/mol. The molecule has 0 amide bonds. The summed E-state index contributed by atoms with van der Waals surface area (Å²) in [6.07, 6.45) is -4.11. The minimum Gasteiger partial charge on any atom is -0.493 e. The Labute approximate surface area is 184 Å². The highest BCUT2D eigenvalue weighted by Crippen LogP contribution is 2.37. The van der Waals surface area contributed by atoms with Crippen LogP contribution in [0.5, 0.6) is 11.5 Å². The van der Waals surface area contributed by atoms with Gasteiger partial charge in [-0.3, -0.25) is 9.89 Å². The zero-order chi connectivity index (χ0) is 23.5. The zero-order valence-corrected chi connectivity index (χ0v) is 18.3. The van der Waals surface area contributed by atoms with E-state index in [4.69, 9.17) is 9.47 Å². The first kappa shape index (κ1) is 23.4. The van der Waals surface area contributed by atoms with E-state index in [0.717, 1.165) is 34.6 Å². The molecular formula is C24H25F3N2O3. The number of nitrogens with zero attached hydrogens (tertiary/aromatic N) is 1. The van der Waals surface area contributed by atoms with Gasteiger partial charge in [-0.05, 0) is 56.2 Å². The number of carbonyl (C=O) groups excluding carboxylic acids is 1. The molecule has 8 heteroatoms. The highest BCUT2D eigenvalue weighted by Gasteiger charge is 2.30. The lowest BCUT2D eigenvalue weighted by molar-refractivity contribution is -0.137. The number of H-pyrrole nitrogens is 1. The van der Waals surface area contributed by atoms with E-state index in [1.165, 1.54) is 13.2 Å². The molecule has 0 aliphatic heterocycles. The van der Waals surface area contributed by atoms with E-state index in [1.807, 2.05) is 19.9 Å². The Hall–Kier alpha value is -3.29. The van der Waals surface area contributed by atoms with Gasteiger partial charge in [-0.25, -0.2) is 0 Å². The Kier molecular flexibility index (Phi) is 6.91. The highest BCUT2D eigenvalue weighted by atomic mass is 19.4. The molecule has 3 rings (SSSR count). The van der Waals surface area contributed by atoms with Gasteiger partial charge in [0.2, 0.25) is 0 Å². The largest absolute Gasteiger partial charge is 0.493 e. The van der Waals surface area contributed by atoms with Gasteiger partial charge in [-0.2, -0.15) is 18.3 Å². The van der Waals surface area contributed by atoms with Gasteiger partial charge in [0.25, 0.3) is 0 Å². The summed E-state index contributed by atoms with van der Waals surface area (Å²) in [5.74, 6) is 0.661. The van der Waals surface area contributed by atoms with E-state index in [0.29, 0.717) is 23.5 Å². The molecular weight excluding hydrogens is 421 g/mol. The lowest BCUT2D eigenvalue weighted by atomic mass is 9.86. The van der Waals surface area contributed by atoms with E-state index < -0.39 is 11.7 Å². The van der Waals surface area contributed by atoms with Gasteiger partial charge in [0.1, 0.15) is 12.4 Å². The van der Waals surface area contributed by atoms with E-state index in [2.05, 4.69) is 10.2 Å². The summed E-state index contributed by atoms with van der Waals surface area (Å²) in [7, 11) is 1.49. The fourth-order valence-electron chi connectivity index (χ4n) is 3.77. The molecule has 0 radical (unpaired) electrons. The molecule has 0 bridgehead atoms. The molecule has 170 valence electrons. The average Bonchev–Trinajstić information content (AvgIpc) is 3.08. The number of halogens is 3. The number of hydrogen-bond acceptors (Lipinski definition) is 4. The molecule has 3 aromatic rings. The third-order valence-electron chi connectivity index (χ3n) is 5.26. The summed E-state index contributed by atoms with van der Waals surface area (Å²) in [6.45, 7) is 5.29. The van der Waals surface area contributed by atoms with E-state index in [-0.39, 0.29) is 18.3 Å². The number of rotatable bonds is 8. The van der Waals surface area contributed by atoms with Crippen molar-refractivity contribution >= 4 is 5.78 Å². The number of hydrogen-bond donors (Lipinski definition) is 1. The molecule has 0 fully saturated rings. The number of aromatic amines is 1. The summed E-state index contributed by atoms with van der Waals surface area (Å²) < 4.78 is 50.1. The van der Waals surface area contributed by atoms with Crippen LogP contribution in [0.4, 0.5) is 13.2 Å². The van der Waals surface area contributed by atoms with E-state index in [9.17, 15) is 18.0 Å². The van der Waals surface area contributed by atoms with Crippen molar-refractivity contribution in [3.05, 3.63) is 76.1 Å². The molecule has 2 aromatic carbocycles. The maximum atomic E-state index is 12.9. The van der Waals surface area contributed by atoms with E-state index >= 15 is 0 Å². The van der Waals surface area contributed by atoms with Crippen LogP contribution in [0.15, 0.2) is 42.5 Å². The fourth-order valence-corrected chi connectivity index (χ4v) is 3.77. The third kappa shape index (κ3) is 5.30. The number of ether oxygens (including phenoxy) is 2. The molecule has 0 spiro atoms. The smallest absolute Gasteiger partial charge is 0.416 e. The van der Waals surface area contributed by atoms with Crippen LogP contribution < -0.4 is 9.47 Å². The van der Waals surface area contributed by atoms with Crippen molar-refractivity contribution in [1.29, 1.82) is 0 Å². The molecule has 1 atom stereocenters. The number of aromatic nitrogens is 2. The van der Waals surface area contributed by atoms with Crippen molar-refractivity contribution in [1.82, 2.24) is 10.2 Å². The number of nitrogens with one attached hydrogen (secondary N) is 1. The number of alkyl halides is 3. The fraction of sp³-hybridized carbons (Fsp3) is 0.333. The second-order valence-corrected chi connectivity index (χ2v) is 7.70. The topological polar surface area (TPSA) is 64.2 Å². The first-order valence-electron chi connectivity index (χ1n) is 10.1. The van der Waals surface area contributed by atoms with Crippen molar-refractivity contribution in [3.8, 4) is 11.5 Å². The molecule has 1 heterocycles. The SMILES string of the molecule is COc1cc(C(CC(C)=O)c2c(C)n[nH]c2C)ccc1OCc1cccc(C(F)(F)F)c1. The van der Waals surface area contributed by atoms with Crippen molar-refractivity contribution in [2.75, 3.05) is 7.11 Å². The average molecular weight is 446 g/mol. The van der Waals surface area contributed by atoms with Crippen LogP contribution in [0.25, 0.3) is 0 Å².